The largest absolute Gasteiger partial charge is 0.507 e. The lowest BCUT2D eigenvalue weighted by Crippen LogP contribution is -2.73. The van der Waals surface area contributed by atoms with Crippen LogP contribution in [0.2, 0.25) is 0 Å². The highest BCUT2D eigenvalue weighted by atomic mass is 16.3. The zero-order valence-electron chi connectivity index (χ0n) is 21.0. The number of benzene rings is 1. The Morgan fingerprint density at radius 2 is 1.92 bits per heavy atom. The Bertz CT molecular complexity index is 1140. The maximum atomic E-state index is 13.8. The van der Waals surface area contributed by atoms with Crippen LogP contribution in [-0.2, 0) is 27.3 Å². The van der Waals surface area contributed by atoms with Crippen LogP contribution in [0, 0.1) is 23.7 Å². The van der Waals surface area contributed by atoms with Gasteiger partial charge in [-0.3, -0.25) is 14.4 Å². The van der Waals surface area contributed by atoms with Gasteiger partial charge in [-0.1, -0.05) is 19.9 Å². The minimum absolute atomic E-state index is 0.104. The number of phenols is 1. The van der Waals surface area contributed by atoms with Crippen LogP contribution in [0.3, 0.4) is 0 Å². The molecule has 2 fully saturated rings. The molecule has 1 amide bonds. The number of likely N-dealkylation sites (N-methyl/N-ethyl adjacent to an activating group) is 1. The summed E-state index contributed by atoms with van der Waals surface area (Å²) in [6, 6.07) is 2.31. The minimum atomic E-state index is -2.64. The standard InChI is InChI=1S/C26H35N3O7/c1-11(2)9-28-10-12-5-6-16(30)18-14(12)7-13-8-15-20(29(3)4)22(32)19(25(27)35)24(34)26(15,36)23(33)17(13)21(18)31/h5-6,11,13,15,19-20,22,28,30-32,36H,7-10H2,1-4H3,(H2,27,35)/t13-,15-,19?,20-,22?,26-/m1/s1. The Hall–Kier alpha value is -2.79. The van der Waals surface area contributed by atoms with Gasteiger partial charge in [0, 0.05) is 24.1 Å². The number of ketones is 2. The lowest BCUT2D eigenvalue weighted by atomic mass is 9.54. The van der Waals surface area contributed by atoms with Crippen molar-refractivity contribution < 1.29 is 34.8 Å². The van der Waals surface area contributed by atoms with Crippen LogP contribution in [0.15, 0.2) is 17.7 Å². The third-order valence-electron chi connectivity index (χ3n) is 7.94. The van der Waals surface area contributed by atoms with Crippen LogP contribution in [0.1, 0.15) is 37.0 Å². The number of aromatic hydroxyl groups is 1. The molecule has 0 saturated heterocycles. The molecule has 0 radical (unpaired) electrons. The zero-order valence-corrected chi connectivity index (χ0v) is 21.0. The van der Waals surface area contributed by atoms with Crippen molar-refractivity contribution in [3.8, 4) is 5.75 Å². The second-order valence-corrected chi connectivity index (χ2v) is 10.9. The molecule has 0 aliphatic heterocycles. The number of aliphatic hydroxyl groups excluding tert-OH is 2. The summed E-state index contributed by atoms with van der Waals surface area (Å²) in [5.41, 5.74) is 4.27. The SMILES string of the molecule is CC(C)CNCc1ccc(O)c2c1C[C@@H]1C[C@@H]3[C@@H](N(C)C)C(O)C(C(N)=O)C(=O)[C@]3(O)C(=O)C1=C2O. The molecule has 7 N–H and O–H groups in total. The molecule has 10 nitrogen and oxygen atoms in total. The number of aliphatic hydroxyl groups is 3. The van der Waals surface area contributed by atoms with Crippen molar-refractivity contribution in [1.29, 1.82) is 0 Å². The number of hydrogen-bond donors (Lipinski definition) is 6. The van der Waals surface area contributed by atoms with Gasteiger partial charge < -0.3 is 36.4 Å². The molecule has 0 aromatic heterocycles. The van der Waals surface area contributed by atoms with E-state index in [1.807, 2.05) is 0 Å². The number of primary amides is 1. The minimum Gasteiger partial charge on any atom is -0.507 e. The fourth-order valence-electron chi connectivity index (χ4n) is 6.33. The summed E-state index contributed by atoms with van der Waals surface area (Å²) in [6.45, 7) is 5.43. The number of amides is 1. The van der Waals surface area contributed by atoms with Gasteiger partial charge in [0.05, 0.1) is 11.7 Å². The number of phenolic OH excluding ortho intramolecular Hbond substituents is 1. The van der Waals surface area contributed by atoms with Crippen molar-refractivity contribution in [3.05, 3.63) is 34.4 Å². The first-order valence-electron chi connectivity index (χ1n) is 12.2. The average Bonchev–Trinajstić information content (AvgIpc) is 2.77. The Morgan fingerprint density at radius 3 is 2.50 bits per heavy atom. The van der Waals surface area contributed by atoms with E-state index in [-0.39, 0.29) is 23.3 Å². The summed E-state index contributed by atoms with van der Waals surface area (Å²) in [5.74, 6) is -6.93. The summed E-state index contributed by atoms with van der Waals surface area (Å²) in [4.78, 5) is 40.8. The molecule has 0 bridgehead atoms. The fourth-order valence-corrected chi connectivity index (χ4v) is 6.33. The molecule has 1 aromatic rings. The van der Waals surface area contributed by atoms with Gasteiger partial charge in [-0.05, 0) is 62.5 Å². The first kappa shape index (κ1) is 26.3. The molecule has 0 spiro atoms. The molecule has 2 unspecified atom stereocenters. The van der Waals surface area contributed by atoms with Crippen LogP contribution in [0.25, 0.3) is 5.76 Å². The molecule has 0 heterocycles. The lowest BCUT2D eigenvalue weighted by molar-refractivity contribution is -0.184. The van der Waals surface area contributed by atoms with Crippen molar-refractivity contribution in [2.45, 2.75) is 51.0 Å². The monoisotopic (exact) mass is 501 g/mol. The average molecular weight is 502 g/mol. The number of carbonyl (C=O) groups excluding carboxylic acids is 3. The fraction of sp³-hybridized carbons (Fsp3) is 0.577. The van der Waals surface area contributed by atoms with Crippen molar-refractivity contribution in [3.63, 3.8) is 0 Å². The summed E-state index contributed by atoms with van der Waals surface area (Å²) in [5, 5.41) is 47.7. The molecular formula is C26H35N3O7. The molecule has 6 atom stereocenters. The van der Waals surface area contributed by atoms with Gasteiger partial charge in [0.1, 0.15) is 17.4 Å². The van der Waals surface area contributed by atoms with Gasteiger partial charge in [0.2, 0.25) is 11.7 Å². The van der Waals surface area contributed by atoms with Gasteiger partial charge in [-0.15, -0.1) is 0 Å². The number of nitrogens with zero attached hydrogens (tertiary/aromatic N) is 1. The van der Waals surface area contributed by atoms with Gasteiger partial charge in [-0.2, -0.15) is 0 Å². The molecule has 1 aromatic carbocycles. The highest BCUT2D eigenvalue weighted by molar-refractivity contribution is 6.25. The number of nitrogens with two attached hydrogens (primary N) is 1. The maximum Gasteiger partial charge on any atom is 0.230 e. The molecular weight excluding hydrogens is 466 g/mol. The van der Waals surface area contributed by atoms with Gasteiger partial charge >= 0.3 is 0 Å². The molecule has 3 aliphatic carbocycles. The van der Waals surface area contributed by atoms with E-state index in [2.05, 4.69) is 19.2 Å². The van der Waals surface area contributed by atoms with Gasteiger partial charge in [-0.25, -0.2) is 0 Å². The zero-order chi connectivity index (χ0) is 26.7. The predicted molar refractivity (Wildman–Crippen MR) is 131 cm³/mol. The Labute approximate surface area is 209 Å². The van der Waals surface area contributed by atoms with Crippen LogP contribution in [-0.4, -0.2) is 81.2 Å². The normalized spacial score (nSPS) is 31.9. The van der Waals surface area contributed by atoms with E-state index >= 15 is 0 Å². The number of carbonyl (C=O) groups is 3. The Balaban J connectivity index is 1.84. The van der Waals surface area contributed by atoms with Gasteiger partial charge in [0.25, 0.3) is 0 Å². The molecule has 10 heteroatoms. The van der Waals surface area contributed by atoms with E-state index < -0.39 is 58.7 Å². The van der Waals surface area contributed by atoms with Crippen molar-refractivity contribution >= 4 is 23.2 Å². The van der Waals surface area contributed by atoms with Crippen LogP contribution < -0.4 is 11.1 Å². The second-order valence-electron chi connectivity index (χ2n) is 10.9. The van der Waals surface area contributed by atoms with Crippen LogP contribution >= 0.6 is 0 Å². The van der Waals surface area contributed by atoms with Crippen molar-refractivity contribution in [2.75, 3.05) is 20.6 Å². The smallest absolute Gasteiger partial charge is 0.230 e. The Kier molecular flexibility index (Phi) is 6.76. The number of hydrogen-bond acceptors (Lipinski definition) is 9. The van der Waals surface area contributed by atoms with E-state index in [0.29, 0.717) is 24.4 Å². The molecule has 3 aliphatic rings. The summed E-state index contributed by atoms with van der Waals surface area (Å²) in [7, 11) is 3.25. The Morgan fingerprint density at radius 1 is 1.25 bits per heavy atom. The third kappa shape index (κ3) is 3.83. The number of nitrogens with one attached hydrogen (secondary N) is 1. The number of fused-ring (bicyclic) bond motifs is 3. The highest BCUT2D eigenvalue weighted by Gasteiger charge is 2.67. The van der Waals surface area contributed by atoms with E-state index in [0.717, 1.165) is 12.1 Å². The molecule has 2 saturated carbocycles. The number of Topliss-reactive ketones (excluding diaryl/α,β-unsaturated/α-hetero) is 2. The second kappa shape index (κ2) is 9.26. The van der Waals surface area contributed by atoms with Crippen LogP contribution in [0.5, 0.6) is 5.75 Å². The highest BCUT2D eigenvalue weighted by Crippen LogP contribution is 2.52. The quantitative estimate of drug-likeness (QED) is 0.290. The molecule has 196 valence electrons. The number of rotatable bonds is 6. The first-order chi connectivity index (χ1) is 16.8. The van der Waals surface area contributed by atoms with Crippen LogP contribution in [0.4, 0.5) is 0 Å². The molecule has 4 rings (SSSR count). The van der Waals surface area contributed by atoms with E-state index in [9.17, 15) is 34.8 Å². The van der Waals surface area contributed by atoms with Crippen molar-refractivity contribution in [2.24, 2.45) is 29.4 Å². The summed E-state index contributed by atoms with van der Waals surface area (Å²) in [6.07, 6.45) is -1.10. The maximum absolute atomic E-state index is 13.8. The van der Waals surface area contributed by atoms with Gasteiger partial charge in [0.15, 0.2) is 11.4 Å². The van der Waals surface area contributed by atoms with Crippen molar-refractivity contribution in [1.82, 2.24) is 10.2 Å². The van der Waals surface area contributed by atoms with E-state index in [4.69, 9.17) is 5.73 Å². The third-order valence-corrected chi connectivity index (χ3v) is 7.94. The lowest BCUT2D eigenvalue weighted by Gasteiger charge is -2.53. The first-order valence-corrected chi connectivity index (χ1v) is 12.2. The van der Waals surface area contributed by atoms with E-state index in [1.165, 1.54) is 6.07 Å². The summed E-state index contributed by atoms with van der Waals surface area (Å²) >= 11 is 0. The summed E-state index contributed by atoms with van der Waals surface area (Å²) < 4.78 is 0. The predicted octanol–water partition coefficient (Wildman–Crippen LogP) is -0.125. The van der Waals surface area contributed by atoms with E-state index in [1.54, 1.807) is 25.1 Å². The topological polar surface area (TPSA) is 173 Å². The molecule has 36 heavy (non-hydrogen) atoms.